The molecule has 2 unspecified atom stereocenters. The average molecular weight is 238 g/mol. The van der Waals surface area contributed by atoms with Crippen LogP contribution in [0.15, 0.2) is 0 Å². The van der Waals surface area contributed by atoms with Crippen LogP contribution in [0.3, 0.4) is 0 Å². The molecular formula is C17H34. The minimum atomic E-state index is 0.519. The highest BCUT2D eigenvalue weighted by Gasteiger charge is 2.39. The first kappa shape index (κ1) is 15.1. The first-order chi connectivity index (χ1) is 7.84. The highest BCUT2D eigenvalue weighted by Crippen LogP contribution is 2.49. The maximum atomic E-state index is 2.51. The first-order valence-corrected chi connectivity index (χ1v) is 7.84. The molecule has 0 aromatic rings. The van der Waals surface area contributed by atoms with Crippen LogP contribution in [0.4, 0.5) is 0 Å². The van der Waals surface area contributed by atoms with E-state index in [-0.39, 0.29) is 0 Å². The Balaban J connectivity index is 2.62. The second kappa shape index (κ2) is 5.76. The largest absolute Gasteiger partial charge is 0.0654 e. The van der Waals surface area contributed by atoms with Crippen molar-refractivity contribution in [2.45, 2.75) is 86.5 Å². The van der Waals surface area contributed by atoms with Crippen molar-refractivity contribution in [1.29, 1.82) is 0 Å². The number of hydrogen-bond donors (Lipinski definition) is 0. The molecular weight excluding hydrogens is 204 g/mol. The Hall–Kier alpha value is 0. The highest BCUT2D eigenvalue weighted by molar-refractivity contribution is 4.89. The quantitative estimate of drug-likeness (QED) is 0.506. The smallest absolute Gasteiger partial charge is 0.0321 e. The van der Waals surface area contributed by atoms with E-state index >= 15 is 0 Å². The van der Waals surface area contributed by atoms with Crippen molar-refractivity contribution in [3.05, 3.63) is 0 Å². The molecule has 0 heterocycles. The molecule has 0 spiro atoms. The van der Waals surface area contributed by atoms with Gasteiger partial charge in [0.15, 0.2) is 0 Å². The Kier molecular flexibility index (Phi) is 5.10. The molecule has 1 aliphatic carbocycles. The fourth-order valence-corrected chi connectivity index (χ4v) is 3.83. The molecule has 1 aliphatic rings. The van der Waals surface area contributed by atoms with Crippen molar-refractivity contribution < 1.29 is 0 Å². The minimum Gasteiger partial charge on any atom is -0.0654 e. The molecule has 1 fully saturated rings. The molecule has 17 heavy (non-hydrogen) atoms. The van der Waals surface area contributed by atoms with Crippen molar-refractivity contribution >= 4 is 0 Å². The zero-order chi connectivity index (χ0) is 13.1. The van der Waals surface area contributed by atoms with E-state index in [0.717, 1.165) is 11.8 Å². The van der Waals surface area contributed by atoms with Crippen LogP contribution in [0.25, 0.3) is 0 Å². The fourth-order valence-electron chi connectivity index (χ4n) is 3.83. The van der Waals surface area contributed by atoms with Crippen LogP contribution in [0.5, 0.6) is 0 Å². The van der Waals surface area contributed by atoms with E-state index in [0.29, 0.717) is 10.8 Å². The molecule has 0 heteroatoms. The Morgan fingerprint density at radius 3 is 2.06 bits per heavy atom. The summed E-state index contributed by atoms with van der Waals surface area (Å²) in [4.78, 5) is 0. The van der Waals surface area contributed by atoms with E-state index in [1.165, 1.54) is 44.9 Å². The second-order valence-corrected chi connectivity index (χ2v) is 7.56. The molecule has 0 aromatic carbocycles. The van der Waals surface area contributed by atoms with E-state index in [1.807, 2.05) is 0 Å². The van der Waals surface area contributed by atoms with Crippen molar-refractivity contribution in [2.24, 2.45) is 22.7 Å². The van der Waals surface area contributed by atoms with Crippen molar-refractivity contribution in [3.8, 4) is 0 Å². The van der Waals surface area contributed by atoms with E-state index in [1.54, 1.807) is 0 Å². The van der Waals surface area contributed by atoms with Gasteiger partial charge in [0.1, 0.15) is 0 Å². The zero-order valence-corrected chi connectivity index (χ0v) is 13.1. The van der Waals surface area contributed by atoms with Gasteiger partial charge >= 0.3 is 0 Å². The summed E-state index contributed by atoms with van der Waals surface area (Å²) >= 11 is 0. The number of hydrogen-bond acceptors (Lipinski definition) is 0. The minimum absolute atomic E-state index is 0.519. The van der Waals surface area contributed by atoms with E-state index in [4.69, 9.17) is 0 Å². The molecule has 0 aliphatic heterocycles. The van der Waals surface area contributed by atoms with Crippen LogP contribution >= 0.6 is 0 Å². The lowest BCUT2D eigenvalue weighted by Gasteiger charge is -2.46. The van der Waals surface area contributed by atoms with Gasteiger partial charge in [-0.05, 0) is 35.5 Å². The summed E-state index contributed by atoms with van der Waals surface area (Å²) in [5, 5.41) is 0. The molecule has 0 nitrogen and oxygen atoms in total. The van der Waals surface area contributed by atoms with Gasteiger partial charge in [0.25, 0.3) is 0 Å². The molecule has 0 saturated heterocycles. The third kappa shape index (κ3) is 3.73. The Labute approximate surface area is 110 Å². The predicted octanol–water partition coefficient (Wildman–Crippen LogP) is 6.06. The topological polar surface area (TPSA) is 0 Å². The summed E-state index contributed by atoms with van der Waals surface area (Å²) in [6.45, 7) is 14.7. The maximum Gasteiger partial charge on any atom is -0.0321 e. The third-order valence-electron chi connectivity index (χ3n) is 5.68. The Morgan fingerprint density at radius 2 is 1.71 bits per heavy atom. The second-order valence-electron chi connectivity index (χ2n) is 7.56. The van der Waals surface area contributed by atoms with Gasteiger partial charge in [-0.25, -0.2) is 0 Å². The van der Waals surface area contributed by atoms with Crippen LogP contribution in [0.2, 0.25) is 0 Å². The summed E-state index contributed by atoms with van der Waals surface area (Å²) in [5.41, 5.74) is 1.08. The van der Waals surface area contributed by atoms with Gasteiger partial charge in [0, 0.05) is 0 Å². The molecule has 0 aromatic heterocycles. The van der Waals surface area contributed by atoms with Gasteiger partial charge in [-0.2, -0.15) is 0 Å². The Bertz CT molecular complexity index is 224. The molecule has 102 valence electrons. The lowest BCUT2D eigenvalue weighted by Crippen LogP contribution is -2.36. The van der Waals surface area contributed by atoms with E-state index < -0.39 is 0 Å². The lowest BCUT2D eigenvalue weighted by molar-refractivity contribution is 0.0455. The first-order valence-electron chi connectivity index (χ1n) is 7.84. The van der Waals surface area contributed by atoms with Gasteiger partial charge in [-0.15, -0.1) is 0 Å². The summed E-state index contributed by atoms with van der Waals surface area (Å²) in [7, 11) is 0. The molecule has 0 N–H and O–H groups in total. The van der Waals surface area contributed by atoms with Crippen LogP contribution in [0.1, 0.15) is 86.5 Å². The molecule has 1 rings (SSSR count). The van der Waals surface area contributed by atoms with Gasteiger partial charge in [0.2, 0.25) is 0 Å². The summed E-state index contributed by atoms with van der Waals surface area (Å²) in [6, 6.07) is 0. The molecule has 0 radical (unpaired) electrons. The normalized spacial score (nSPS) is 22.9. The summed E-state index contributed by atoms with van der Waals surface area (Å²) in [6.07, 6.45) is 9.92. The lowest BCUT2D eigenvalue weighted by atomic mass is 9.60. The van der Waals surface area contributed by atoms with Crippen molar-refractivity contribution in [3.63, 3.8) is 0 Å². The SMILES string of the molecule is CCCC(C)(CC)CC(C)(C)C(C)C1CCC1. The highest BCUT2D eigenvalue weighted by atomic mass is 14.4. The predicted molar refractivity (Wildman–Crippen MR) is 78.2 cm³/mol. The number of rotatable bonds is 7. The van der Waals surface area contributed by atoms with Gasteiger partial charge < -0.3 is 0 Å². The van der Waals surface area contributed by atoms with Crippen LogP contribution in [0, 0.1) is 22.7 Å². The van der Waals surface area contributed by atoms with Gasteiger partial charge in [-0.3, -0.25) is 0 Å². The third-order valence-corrected chi connectivity index (χ3v) is 5.68. The maximum absolute atomic E-state index is 2.51. The summed E-state index contributed by atoms with van der Waals surface area (Å²) < 4.78 is 0. The zero-order valence-electron chi connectivity index (χ0n) is 13.1. The van der Waals surface area contributed by atoms with Crippen LogP contribution < -0.4 is 0 Å². The standard InChI is InChI=1S/C17H34/c1-7-12-17(6,8-2)13-16(4,5)14(3)15-10-9-11-15/h14-15H,7-13H2,1-6H3. The average Bonchev–Trinajstić information content (AvgIpc) is 2.14. The molecule has 0 amide bonds. The van der Waals surface area contributed by atoms with Crippen LogP contribution in [-0.2, 0) is 0 Å². The van der Waals surface area contributed by atoms with Gasteiger partial charge in [-0.1, -0.05) is 73.6 Å². The summed E-state index contributed by atoms with van der Waals surface area (Å²) in [5.74, 6) is 1.92. The van der Waals surface area contributed by atoms with Crippen molar-refractivity contribution in [2.75, 3.05) is 0 Å². The van der Waals surface area contributed by atoms with E-state index in [9.17, 15) is 0 Å². The van der Waals surface area contributed by atoms with Crippen LogP contribution in [-0.4, -0.2) is 0 Å². The fraction of sp³-hybridized carbons (Fsp3) is 1.00. The van der Waals surface area contributed by atoms with Crippen molar-refractivity contribution in [1.82, 2.24) is 0 Å². The Morgan fingerprint density at radius 1 is 1.12 bits per heavy atom. The molecule has 1 saturated carbocycles. The molecule has 2 atom stereocenters. The van der Waals surface area contributed by atoms with E-state index in [2.05, 4.69) is 41.5 Å². The molecule has 0 bridgehead atoms. The monoisotopic (exact) mass is 238 g/mol. The van der Waals surface area contributed by atoms with Gasteiger partial charge in [0.05, 0.1) is 0 Å².